The van der Waals surface area contributed by atoms with Crippen molar-refractivity contribution in [1.82, 2.24) is 4.90 Å². The van der Waals surface area contributed by atoms with Crippen LogP contribution in [0, 0.1) is 5.92 Å². The third-order valence-corrected chi connectivity index (χ3v) is 3.01. The van der Waals surface area contributed by atoms with Crippen LogP contribution in [-0.2, 0) is 4.74 Å². The van der Waals surface area contributed by atoms with Crippen LogP contribution in [0.15, 0.2) is 0 Å². The zero-order valence-corrected chi connectivity index (χ0v) is 9.57. The molecule has 3 nitrogen and oxygen atoms in total. The second-order valence-corrected chi connectivity index (χ2v) is 4.47. The van der Waals surface area contributed by atoms with E-state index in [1.165, 1.54) is 6.42 Å². The smallest absolute Gasteiger partial charge is 0.0597 e. The molecule has 0 amide bonds. The van der Waals surface area contributed by atoms with Gasteiger partial charge in [-0.05, 0) is 32.7 Å². The van der Waals surface area contributed by atoms with Gasteiger partial charge >= 0.3 is 0 Å². The van der Waals surface area contributed by atoms with E-state index in [1.807, 2.05) is 0 Å². The van der Waals surface area contributed by atoms with Crippen LogP contribution >= 0.6 is 0 Å². The van der Waals surface area contributed by atoms with E-state index >= 15 is 0 Å². The highest BCUT2D eigenvalue weighted by molar-refractivity contribution is 4.83. The lowest BCUT2D eigenvalue weighted by Gasteiger charge is -2.25. The number of ether oxygens (including phenoxy) is 1. The molecule has 84 valence electrons. The monoisotopic (exact) mass is 201 g/mol. The molecule has 14 heavy (non-hydrogen) atoms. The topological polar surface area (TPSA) is 32.7 Å². The first-order chi connectivity index (χ1) is 6.65. The molecule has 1 N–H and O–H groups in total. The number of nitrogens with zero attached hydrogens (tertiary/aromatic N) is 1. The van der Waals surface area contributed by atoms with Crippen molar-refractivity contribution in [2.75, 3.05) is 26.3 Å². The first-order valence-electron chi connectivity index (χ1n) is 5.61. The zero-order valence-electron chi connectivity index (χ0n) is 9.57. The van der Waals surface area contributed by atoms with E-state index in [-0.39, 0.29) is 6.61 Å². The summed E-state index contributed by atoms with van der Waals surface area (Å²) in [7, 11) is 0. The summed E-state index contributed by atoms with van der Waals surface area (Å²) in [6.07, 6.45) is 1.51. The molecule has 0 radical (unpaired) electrons. The minimum absolute atomic E-state index is 0.281. The van der Waals surface area contributed by atoms with E-state index < -0.39 is 0 Å². The Labute approximate surface area is 87.1 Å². The molecule has 1 aliphatic rings. The second-order valence-electron chi connectivity index (χ2n) is 4.47. The van der Waals surface area contributed by atoms with E-state index in [0.29, 0.717) is 18.1 Å². The minimum Gasteiger partial charge on any atom is -0.395 e. The van der Waals surface area contributed by atoms with Crippen LogP contribution < -0.4 is 0 Å². The zero-order chi connectivity index (χ0) is 10.6. The molecule has 2 atom stereocenters. The van der Waals surface area contributed by atoms with E-state index in [4.69, 9.17) is 4.74 Å². The summed E-state index contributed by atoms with van der Waals surface area (Å²) < 4.78 is 5.51. The van der Waals surface area contributed by atoms with Crippen LogP contribution in [0.1, 0.15) is 27.2 Å². The van der Waals surface area contributed by atoms with E-state index in [0.717, 1.165) is 19.7 Å². The summed E-state index contributed by atoms with van der Waals surface area (Å²) in [5.41, 5.74) is 0. The quantitative estimate of drug-likeness (QED) is 0.723. The van der Waals surface area contributed by atoms with Crippen LogP contribution in [0.25, 0.3) is 0 Å². The third kappa shape index (κ3) is 3.23. The fourth-order valence-electron chi connectivity index (χ4n) is 2.07. The van der Waals surface area contributed by atoms with Crippen molar-refractivity contribution in [3.05, 3.63) is 0 Å². The predicted molar refractivity (Wildman–Crippen MR) is 57.3 cm³/mol. The Bertz CT molecular complexity index is 161. The number of hydrogen-bond donors (Lipinski definition) is 1. The molecule has 1 saturated heterocycles. The van der Waals surface area contributed by atoms with Crippen molar-refractivity contribution < 1.29 is 9.84 Å². The SMILES string of the molecule is CC(C)OCCN1CCC(C)C1CO. The number of hydrogen-bond acceptors (Lipinski definition) is 3. The molecule has 0 aromatic rings. The highest BCUT2D eigenvalue weighted by Crippen LogP contribution is 2.22. The number of likely N-dealkylation sites (tertiary alicyclic amines) is 1. The molecule has 0 aliphatic carbocycles. The molecule has 0 spiro atoms. The van der Waals surface area contributed by atoms with Gasteiger partial charge in [0.1, 0.15) is 0 Å². The molecule has 1 heterocycles. The average molecular weight is 201 g/mol. The van der Waals surface area contributed by atoms with Crippen LogP contribution in [0.2, 0.25) is 0 Å². The lowest BCUT2D eigenvalue weighted by molar-refractivity contribution is 0.0463. The van der Waals surface area contributed by atoms with Crippen molar-refractivity contribution >= 4 is 0 Å². The highest BCUT2D eigenvalue weighted by atomic mass is 16.5. The molecule has 1 rings (SSSR count). The third-order valence-electron chi connectivity index (χ3n) is 3.01. The molecule has 0 saturated carbocycles. The van der Waals surface area contributed by atoms with Gasteiger partial charge in [0.25, 0.3) is 0 Å². The Balaban J connectivity index is 2.23. The maximum Gasteiger partial charge on any atom is 0.0597 e. The average Bonchev–Trinajstić information content (AvgIpc) is 2.46. The van der Waals surface area contributed by atoms with Crippen molar-refractivity contribution in [1.29, 1.82) is 0 Å². The number of aliphatic hydroxyl groups excluding tert-OH is 1. The molecule has 1 aliphatic heterocycles. The Morgan fingerprint density at radius 3 is 2.79 bits per heavy atom. The molecule has 1 fully saturated rings. The molecule has 0 bridgehead atoms. The van der Waals surface area contributed by atoms with Gasteiger partial charge in [0, 0.05) is 12.6 Å². The Morgan fingerprint density at radius 1 is 1.50 bits per heavy atom. The van der Waals surface area contributed by atoms with Gasteiger partial charge in [-0.15, -0.1) is 0 Å². The lowest BCUT2D eigenvalue weighted by atomic mass is 10.0. The minimum atomic E-state index is 0.281. The maximum atomic E-state index is 9.23. The van der Waals surface area contributed by atoms with Gasteiger partial charge in [-0.25, -0.2) is 0 Å². The van der Waals surface area contributed by atoms with E-state index in [2.05, 4.69) is 25.7 Å². The standard InChI is InChI=1S/C11H23NO2/c1-9(2)14-7-6-12-5-4-10(3)11(12)8-13/h9-11,13H,4-8H2,1-3H3. The van der Waals surface area contributed by atoms with Crippen LogP contribution in [0.3, 0.4) is 0 Å². The summed E-state index contributed by atoms with van der Waals surface area (Å²) in [6.45, 7) is 9.43. The second kappa shape index (κ2) is 5.69. The van der Waals surface area contributed by atoms with Crippen LogP contribution in [0.4, 0.5) is 0 Å². The van der Waals surface area contributed by atoms with Gasteiger partial charge in [0.05, 0.1) is 19.3 Å². The van der Waals surface area contributed by atoms with Gasteiger partial charge < -0.3 is 9.84 Å². The van der Waals surface area contributed by atoms with Gasteiger partial charge in [0.2, 0.25) is 0 Å². The van der Waals surface area contributed by atoms with Gasteiger partial charge in [-0.2, -0.15) is 0 Å². The molecule has 0 aromatic carbocycles. The number of rotatable bonds is 5. The summed E-state index contributed by atoms with van der Waals surface area (Å²) in [6, 6.07) is 0.353. The van der Waals surface area contributed by atoms with Gasteiger partial charge in [0.15, 0.2) is 0 Å². The van der Waals surface area contributed by atoms with Crippen LogP contribution in [-0.4, -0.2) is 48.5 Å². The molecule has 0 aromatic heterocycles. The van der Waals surface area contributed by atoms with Crippen molar-refractivity contribution in [3.63, 3.8) is 0 Å². The molecular formula is C11H23NO2. The summed E-state index contributed by atoms with van der Waals surface area (Å²) in [5, 5.41) is 9.23. The Kier molecular flexibility index (Phi) is 4.85. The first kappa shape index (κ1) is 12.0. The van der Waals surface area contributed by atoms with Gasteiger partial charge in [-0.3, -0.25) is 4.90 Å². The van der Waals surface area contributed by atoms with Crippen molar-refractivity contribution in [3.8, 4) is 0 Å². The summed E-state index contributed by atoms with van der Waals surface area (Å²) in [4.78, 5) is 2.34. The normalized spacial score (nSPS) is 28.9. The summed E-state index contributed by atoms with van der Waals surface area (Å²) in [5.74, 6) is 0.624. The fourth-order valence-corrected chi connectivity index (χ4v) is 2.07. The van der Waals surface area contributed by atoms with E-state index in [1.54, 1.807) is 0 Å². The lowest BCUT2D eigenvalue weighted by Crippen LogP contribution is -2.37. The Morgan fingerprint density at radius 2 is 2.21 bits per heavy atom. The van der Waals surface area contributed by atoms with Crippen LogP contribution in [0.5, 0.6) is 0 Å². The summed E-state index contributed by atoms with van der Waals surface area (Å²) >= 11 is 0. The maximum absolute atomic E-state index is 9.23. The molecular weight excluding hydrogens is 178 g/mol. The molecule has 3 heteroatoms. The van der Waals surface area contributed by atoms with Crippen molar-refractivity contribution in [2.24, 2.45) is 5.92 Å². The van der Waals surface area contributed by atoms with Gasteiger partial charge in [-0.1, -0.05) is 6.92 Å². The first-order valence-corrected chi connectivity index (χ1v) is 5.61. The molecule has 2 unspecified atom stereocenters. The Hall–Kier alpha value is -0.120. The largest absolute Gasteiger partial charge is 0.395 e. The fraction of sp³-hybridized carbons (Fsp3) is 1.00. The predicted octanol–water partition coefficient (Wildman–Crippen LogP) is 1.11. The van der Waals surface area contributed by atoms with Crippen molar-refractivity contribution in [2.45, 2.75) is 39.3 Å². The van der Waals surface area contributed by atoms with E-state index in [9.17, 15) is 5.11 Å². The number of aliphatic hydroxyl groups is 1. The highest BCUT2D eigenvalue weighted by Gasteiger charge is 2.29.